The summed E-state index contributed by atoms with van der Waals surface area (Å²) in [6, 6.07) is -0.627. The normalized spacial score (nSPS) is 12.7. The molecule has 0 radical (unpaired) electrons. The molecule has 3 N–H and O–H groups in total. The first-order valence-electron chi connectivity index (χ1n) is 35.8. The minimum atomic E-state index is -0.843. The number of nitrogens with one attached hydrogen (secondary N) is 1. The lowest BCUT2D eigenvalue weighted by Gasteiger charge is -2.20. The van der Waals surface area contributed by atoms with Crippen molar-refractivity contribution in [3.05, 3.63) is 36.5 Å². The Morgan fingerprint density at radius 2 is 0.633 bits per heavy atom. The Morgan fingerprint density at radius 1 is 0.354 bits per heavy atom. The van der Waals surface area contributed by atoms with Crippen LogP contribution in [0.15, 0.2) is 36.5 Å². The van der Waals surface area contributed by atoms with E-state index in [1.165, 1.54) is 315 Å². The monoisotopic (exact) mass is 1110 g/mol. The summed E-state index contributed by atoms with van der Waals surface area (Å²) >= 11 is 0. The Bertz CT molecular complexity index is 1280. The molecule has 0 spiro atoms. The number of esters is 1. The van der Waals surface area contributed by atoms with Gasteiger partial charge in [-0.3, -0.25) is 9.59 Å². The summed E-state index contributed by atoms with van der Waals surface area (Å²) in [4.78, 5) is 24.6. The van der Waals surface area contributed by atoms with Crippen LogP contribution in [0, 0.1) is 0 Å². The van der Waals surface area contributed by atoms with Gasteiger partial charge in [-0.15, -0.1) is 0 Å². The molecule has 0 saturated carbocycles. The topological polar surface area (TPSA) is 95.9 Å². The summed E-state index contributed by atoms with van der Waals surface area (Å²) in [5.74, 6) is -0.0573. The van der Waals surface area contributed by atoms with Crippen LogP contribution < -0.4 is 5.32 Å². The van der Waals surface area contributed by atoms with Gasteiger partial charge in [-0.2, -0.15) is 0 Å². The molecule has 1 amide bonds. The fraction of sp³-hybridized carbons (Fsp3) is 0.890. The number of allylic oxidation sites excluding steroid dienone is 5. The molecule has 0 aromatic carbocycles. The van der Waals surface area contributed by atoms with E-state index in [-0.39, 0.29) is 18.5 Å². The lowest BCUT2D eigenvalue weighted by atomic mass is 10.0. The standard InChI is InChI=1S/C73H139NO5/c1-3-5-7-9-11-13-15-17-19-21-31-34-37-41-45-49-53-57-61-65-71(76)70(69-75)74-72(77)66-62-58-54-50-46-42-38-35-32-29-27-25-23-22-24-26-28-30-33-36-40-44-48-52-56-60-64-68-79-73(78)67-63-59-55-51-47-43-39-20-18-16-14-12-10-8-6-4-2/h14,16,20,39,61,65,70-71,75-76H,3-13,15,17-19,21-38,40-60,62-64,66-69H2,1-2H3,(H,74,77)/b16-14-,39-20-,65-61+. The van der Waals surface area contributed by atoms with Crippen molar-refractivity contribution in [3.63, 3.8) is 0 Å². The minimum Gasteiger partial charge on any atom is -0.466 e. The summed E-state index contributed by atoms with van der Waals surface area (Å²) in [7, 11) is 0. The minimum absolute atomic E-state index is 0.00467. The maximum atomic E-state index is 12.5. The molecule has 0 fully saturated rings. The molecule has 0 saturated heterocycles. The quantitative estimate of drug-likeness (QED) is 0.0320. The highest BCUT2D eigenvalue weighted by Crippen LogP contribution is 2.19. The predicted octanol–water partition coefficient (Wildman–Crippen LogP) is 23.1. The molecule has 0 aliphatic heterocycles. The van der Waals surface area contributed by atoms with Gasteiger partial charge in [0, 0.05) is 12.8 Å². The van der Waals surface area contributed by atoms with E-state index in [2.05, 4.69) is 43.5 Å². The second kappa shape index (κ2) is 68.6. The number of aliphatic hydroxyl groups excluding tert-OH is 2. The van der Waals surface area contributed by atoms with E-state index in [1.807, 2.05) is 6.08 Å². The molecular formula is C73H139NO5. The van der Waals surface area contributed by atoms with Gasteiger partial charge >= 0.3 is 5.97 Å². The van der Waals surface area contributed by atoms with Crippen LogP contribution in [0.2, 0.25) is 0 Å². The Kier molecular flexibility index (Phi) is 66.9. The third-order valence-corrected chi connectivity index (χ3v) is 16.7. The number of unbranched alkanes of at least 4 members (excludes halogenated alkanes) is 52. The maximum Gasteiger partial charge on any atom is 0.305 e. The second-order valence-corrected chi connectivity index (χ2v) is 24.6. The zero-order chi connectivity index (χ0) is 57.1. The lowest BCUT2D eigenvalue weighted by molar-refractivity contribution is -0.143. The number of carbonyl (C=O) groups is 2. The van der Waals surface area contributed by atoms with Crippen LogP contribution >= 0.6 is 0 Å². The Morgan fingerprint density at radius 3 is 0.975 bits per heavy atom. The van der Waals surface area contributed by atoms with Crippen LogP contribution in [0.1, 0.15) is 393 Å². The first kappa shape index (κ1) is 77.1. The summed E-state index contributed by atoms with van der Waals surface area (Å²) in [6.07, 6.45) is 87.9. The smallest absolute Gasteiger partial charge is 0.305 e. The fourth-order valence-electron chi connectivity index (χ4n) is 11.2. The Labute approximate surface area is 494 Å². The first-order valence-corrected chi connectivity index (χ1v) is 35.8. The van der Waals surface area contributed by atoms with Gasteiger partial charge in [0.25, 0.3) is 0 Å². The average Bonchev–Trinajstić information content (AvgIpc) is 3.45. The SMILES string of the molecule is CCCCCC/C=C\C/C=C\CCCCCCCC(=O)OCCCCCCCCCCCCCCCCCCCCCCCCCCCCCC(=O)NC(CO)C(O)/C=C/CCCCCCCCCCCCCCCCCCC. The van der Waals surface area contributed by atoms with Crippen molar-refractivity contribution in [3.8, 4) is 0 Å². The van der Waals surface area contributed by atoms with Crippen molar-refractivity contribution in [1.82, 2.24) is 5.32 Å². The van der Waals surface area contributed by atoms with Crippen LogP contribution in [-0.4, -0.2) is 47.4 Å². The third kappa shape index (κ3) is 65.1. The van der Waals surface area contributed by atoms with Gasteiger partial charge in [-0.25, -0.2) is 0 Å². The van der Waals surface area contributed by atoms with Crippen molar-refractivity contribution in [2.45, 2.75) is 405 Å². The van der Waals surface area contributed by atoms with Gasteiger partial charge in [0.1, 0.15) is 0 Å². The summed E-state index contributed by atoms with van der Waals surface area (Å²) in [5.41, 5.74) is 0. The van der Waals surface area contributed by atoms with Gasteiger partial charge in [0.2, 0.25) is 5.91 Å². The number of carbonyl (C=O) groups excluding carboxylic acids is 2. The van der Waals surface area contributed by atoms with Crippen molar-refractivity contribution >= 4 is 11.9 Å². The van der Waals surface area contributed by atoms with Crippen molar-refractivity contribution in [2.24, 2.45) is 0 Å². The molecule has 79 heavy (non-hydrogen) atoms. The van der Waals surface area contributed by atoms with E-state index in [0.717, 1.165) is 51.4 Å². The fourth-order valence-corrected chi connectivity index (χ4v) is 11.2. The van der Waals surface area contributed by atoms with Crippen molar-refractivity contribution < 1.29 is 24.5 Å². The zero-order valence-electron chi connectivity index (χ0n) is 53.4. The number of ether oxygens (including phenoxy) is 1. The molecule has 0 heterocycles. The molecule has 6 heteroatoms. The zero-order valence-corrected chi connectivity index (χ0v) is 53.4. The van der Waals surface area contributed by atoms with Gasteiger partial charge in [0.05, 0.1) is 25.4 Å². The van der Waals surface area contributed by atoms with E-state index in [1.54, 1.807) is 6.08 Å². The molecule has 0 rings (SSSR count). The third-order valence-electron chi connectivity index (χ3n) is 16.7. The van der Waals surface area contributed by atoms with E-state index >= 15 is 0 Å². The lowest BCUT2D eigenvalue weighted by Crippen LogP contribution is -2.45. The van der Waals surface area contributed by atoms with Gasteiger partial charge in [0.15, 0.2) is 0 Å². The molecule has 0 aliphatic carbocycles. The Balaban J connectivity index is 3.38. The number of hydrogen-bond donors (Lipinski definition) is 3. The summed E-state index contributed by atoms with van der Waals surface area (Å²) in [6.45, 7) is 4.92. The van der Waals surface area contributed by atoms with E-state index in [4.69, 9.17) is 4.74 Å². The van der Waals surface area contributed by atoms with Gasteiger partial charge in [-0.05, 0) is 64.2 Å². The van der Waals surface area contributed by atoms with Crippen LogP contribution in [-0.2, 0) is 14.3 Å². The molecule has 466 valence electrons. The van der Waals surface area contributed by atoms with Gasteiger partial charge in [-0.1, -0.05) is 352 Å². The van der Waals surface area contributed by atoms with Crippen LogP contribution in [0.5, 0.6) is 0 Å². The van der Waals surface area contributed by atoms with E-state index < -0.39 is 12.1 Å². The Hall–Kier alpha value is -1.92. The number of hydrogen-bond acceptors (Lipinski definition) is 5. The van der Waals surface area contributed by atoms with Gasteiger partial charge < -0.3 is 20.3 Å². The highest BCUT2D eigenvalue weighted by molar-refractivity contribution is 5.76. The number of aliphatic hydroxyl groups is 2. The molecule has 2 unspecified atom stereocenters. The highest BCUT2D eigenvalue weighted by atomic mass is 16.5. The highest BCUT2D eigenvalue weighted by Gasteiger charge is 2.18. The molecule has 2 atom stereocenters. The molecule has 6 nitrogen and oxygen atoms in total. The molecular weight excluding hydrogens is 971 g/mol. The van der Waals surface area contributed by atoms with Crippen LogP contribution in [0.25, 0.3) is 0 Å². The summed E-state index contributed by atoms with van der Waals surface area (Å²) in [5, 5.41) is 23.2. The van der Waals surface area contributed by atoms with Crippen LogP contribution in [0.4, 0.5) is 0 Å². The average molecular weight is 1110 g/mol. The number of rotatable bonds is 67. The molecule has 0 aromatic heterocycles. The maximum absolute atomic E-state index is 12.5. The second-order valence-electron chi connectivity index (χ2n) is 24.6. The number of amides is 1. The van der Waals surface area contributed by atoms with Crippen molar-refractivity contribution in [2.75, 3.05) is 13.2 Å². The molecule has 0 aliphatic rings. The molecule has 0 aromatic rings. The molecule has 0 bridgehead atoms. The van der Waals surface area contributed by atoms with Crippen molar-refractivity contribution in [1.29, 1.82) is 0 Å². The first-order chi connectivity index (χ1) is 39.0. The van der Waals surface area contributed by atoms with E-state index in [0.29, 0.717) is 19.4 Å². The predicted molar refractivity (Wildman–Crippen MR) is 347 cm³/mol. The largest absolute Gasteiger partial charge is 0.466 e. The summed E-state index contributed by atoms with van der Waals surface area (Å²) < 4.78 is 5.49. The van der Waals surface area contributed by atoms with Crippen LogP contribution in [0.3, 0.4) is 0 Å². The van der Waals surface area contributed by atoms with E-state index in [9.17, 15) is 19.8 Å².